The first kappa shape index (κ1) is 14.4. The zero-order chi connectivity index (χ0) is 13.9. The largest absolute Gasteiger partial charge is 0.496 e. The molecule has 0 spiro atoms. The maximum atomic E-state index is 10.1. The molecule has 1 aromatic carbocycles. The number of likely N-dealkylation sites (tertiary alicyclic amines) is 1. The van der Waals surface area contributed by atoms with Crippen LogP contribution in [0.2, 0.25) is 0 Å². The van der Waals surface area contributed by atoms with Crippen molar-refractivity contribution in [3.8, 4) is 5.75 Å². The van der Waals surface area contributed by atoms with Gasteiger partial charge in [0.1, 0.15) is 5.75 Å². The van der Waals surface area contributed by atoms with E-state index >= 15 is 0 Å². The van der Waals surface area contributed by atoms with Gasteiger partial charge in [0.15, 0.2) is 0 Å². The van der Waals surface area contributed by atoms with Gasteiger partial charge in [0, 0.05) is 12.1 Å². The van der Waals surface area contributed by atoms with Gasteiger partial charge in [-0.3, -0.25) is 4.90 Å². The number of aliphatic hydroxyl groups is 1. The van der Waals surface area contributed by atoms with Crippen molar-refractivity contribution in [2.24, 2.45) is 0 Å². The van der Waals surface area contributed by atoms with Gasteiger partial charge in [0.2, 0.25) is 0 Å². The number of nitrogens with zero attached hydrogens (tertiary/aromatic N) is 1. The summed E-state index contributed by atoms with van der Waals surface area (Å²) in [4.78, 5) is 2.47. The van der Waals surface area contributed by atoms with E-state index in [4.69, 9.17) is 4.74 Å². The predicted molar refractivity (Wildman–Crippen MR) is 77.4 cm³/mol. The van der Waals surface area contributed by atoms with E-state index < -0.39 is 5.60 Å². The van der Waals surface area contributed by atoms with Crippen LogP contribution in [0.5, 0.6) is 5.75 Å². The summed E-state index contributed by atoms with van der Waals surface area (Å²) < 4.78 is 5.45. The summed E-state index contributed by atoms with van der Waals surface area (Å²) in [6.07, 6.45) is 3.92. The summed E-state index contributed by atoms with van der Waals surface area (Å²) in [5, 5.41) is 10.1. The summed E-state index contributed by atoms with van der Waals surface area (Å²) >= 11 is 0. The number of methoxy groups -OCH3 is 1. The van der Waals surface area contributed by atoms with E-state index in [2.05, 4.69) is 11.0 Å². The van der Waals surface area contributed by atoms with Gasteiger partial charge in [-0.2, -0.15) is 0 Å². The van der Waals surface area contributed by atoms with E-state index in [0.717, 1.165) is 30.9 Å². The van der Waals surface area contributed by atoms with Crippen LogP contribution in [0.4, 0.5) is 0 Å². The number of ether oxygens (including phenoxy) is 1. The highest BCUT2D eigenvalue weighted by Crippen LogP contribution is 2.28. The Morgan fingerprint density at radius 1 is 1.21 bits per heavy atom. The Balaban J connectivity index is 2.20. The van der Waals surface area contributed by atoms with Crippen LogP contribution in [0.25, 0.3) is 0 Å². The molecule has 0 radical (unpaired) electrons. The fraction of sp³-hybridized carbons (Fsp3) is 0.625. The molecule has 0 aliphatic carbocycles. The molecule has 1 aliphatic heterocycles. The molecule has 1 N–H and O–H groups in total. The Morgan fingerprint density at radius 2 is 1.89 bits per heavy atom. The quantitative estimate of drug-likeness (QED) is 0.906. The Kier molecular flexibility index (Phi) is 4.48. The van der Waals surface area contributed by atoms with Crippen LogP contribution in [-0.4, -0.2) is 30.2 Å². The van der Waals surface area contributed by atoms with Crippen LogP contribution in [-0.2, 0) is 12.1 Å². The zero-order valence-electron chi connectivity index (χ0n) is 12.3. The first-order valence-electron chi connectivity index (χ1n) is 7.13. The second-order valence-corrected chi connectivity index (χ2v) is 5.92. The molecular weight excluding hydrogens is 238 g/mol. The van der Waals surface area contributed by atoms with Crippen LogP contribution < -0.4 is 4.74 Å². The van der Waals surface area contributed by atoms with E-state index in [1.54, 1.807) is 7.11 Å². The second-order valence-electron chi connectivity index (χ2n) is 5.92. The topological polar surface area (TPSA) is 32.7 Å². The molecule has 3 nitrogen and oxygen atoms in total. The normalized spacial score (nSPS) is 17.5. The lowest BCUT2D eigenvalue weighted by atomic mass is 9.95. The van der Waals surface area contributed by atoms with Crippen molar-refractivity contribution in [1.82, 2.24) is 4.90 Å². The van der Waals surface area contributed by atoms with Crippen molar-refractivity contribution in [3.63, 3.8) is 0 Å². The molecule has 1 aromatic rings. The molecule has 1 heterocycles. The maximum Gasteiger partial charge on any atom is 0.123 e. The Bertz CT molecular complexity index is 417. The monoisotopic (exact) mass is 263 g/mol. The molecule has 0 unspecified atom stereocenters. The zero-order valence-corrected chi connectivity index (χ0v) is 12.3. The molecule has 1 aliphatic rings. The highest BCUT2D eigenvalue weighted by atomic mass is 16.5. The van der Waals surface area contributed by atoms with Crippen molar-refractivity contribution in [3.05, 3.63) is 29.3 Å². The van der Waals surface area contributed by atoms with Gasteiger partial charge in [-0.05, 0) is 57.5 Å². The summed E-state index contributed by atoms with van der Waals surface area (Å²) in [6.45, 7) is 6.87. The van der Waals surface area contributed by atoms with E-state index in [1.807, 2.05) is 26.0 Å². The summed E-state index contributed by atoms with van der Waals surface area (Å²) in [7, 11) is 1.71. The molecule has 1 fully saturated rings. The molecular formula is C16H25NO2. The van der Waals surface area contributed by atoms with Gasteiger partial charge in [-0.15, -0.1) is 0 Å². The Morgan fingerprint density at radius 3 is 2.47 bits per heavy atom. The highest BCUT2D eigenvalue weighted by Gasteiger charge is 2.19. The van der Waals surface area contributed by atoms with Crippen molar-refractivity contribution in [1.29, 1.82) is 0 Å². The Hall–Kier alpha value is -1.06. The van der Waals surface area contributed by atoms with Crippen molar-refractivity contribution >= 4 is 0 Å². The number of hydrogen-bond donors (Lipinski definition) is 1. The lowest BCUT2D eigenvalue weighted by Gasteiger charge is -2.28. The van der Waals surface area contributed by atoms with Crippen LogP contribution in [0.1, 0.15) is 44.2 Å². The summed E-state index contributed by atoms with van der Waals surface area (Å²) in [5.41, 5.74) is 1.31. The molecule has 3 heteroatoms. The van der Waals surface area contributed by atoms with Gasteiger partial charge in [-0.1, -0.05) is 12.5 Å². The average Bonchev–Trinajstić information content (AvgIpc) is 2.39. The molecule has 0 amide bonds. The second kappa shape index (κ2) is 5.93. The van der Waals surface area contributed by atoms with E-state index in [9.17, 15) is 5.11 Å². The first-order chi connectivity index (χ1) is 9.00. The fourth-order valence-electron chi connectivity index (χ4n) is 2.64. The molecule has 0 saturated carbocycles. The highest BCUT2D eigenvalue weighted by molar-refractivity contribution is 5.39. The summed E-state index contributed by atoms with van der Waals surface area (Å²) in [6, 6.07) is 5.98. The maximum absolute atomic E-state index is 10.1. The predicted octanol–water partition coefficient (Wildman–Crippen LogP) is 2.91. The Labute approximate surface area is 116 Å². The van der Waals surface area contributed by atoms with Crippen molar-refractivity contribution in [2.75, 3.05) is 20.2 Å². The van der Waals surface area contributed by atoms with Crippen LogP contribution in [0, 0.1) is 0 Å². The fourth-order valence-corrected chi connectivity index (χ4v) is 2.64. The third-order valence-electron chi connectivity index (χ3n) is 3.83. The molecule has 1 saturated heterocycles. The van der Waals surface area contributed by atoms with Gasteiger partial charge in [0.05, 0.1) is 12.7 Å². The molecule has 106 valence electrons. The summed E-state index contributed by atoms with van der Waals surface area (Å²) in [5.74, 6) is 0.915. The molecule has 0 aromatic heterocycles. The minimum atomic E-state index is -0.803. The van der Waals surface area contributed by atoms with Crippen LogP contribution >= 0.6 is 0 Å². The third-order valence-corrected chi connectivity index (χ3v) is 3.83. The van der Waals surface area contributed by atoms with Crippen molar-refractivity contribution < 1.29 is 9.84 Å². The van der Waals surface area contributed by atoms with Gasteiger partial charge in [-0.25, -0.2) is 0 Å². The number of hydrogen-bond acceptors (Lipinski definition) is 3. The van der Waals surface area contributed by atoms with Gasteiger partial charge in [0.25, 0.3) is 0 Å². The van der Waals surface area contributed by atoms with E-state index in [0.29, 0.717) is 0 Å². The SMILES string of the molecule is COc1ccc(C(C)(C)O)cc1CN1CCCCC1. The number of rotatable bonds is 4. The van der Waals surface area contributed by atoms with Crippen molar-refractivity contribution in [2.45, 2.75) is 45.3 Å². The number of benzene rings is 1. The van der Waals surface area contributed by atoms with Gasteiger partial charge < -0.3 is 9.84 Å². The minimum absolute atomic E-state index is 0.803. The standard InChI is InChI=1S/C16H25NO2/c1-16(2,18)14-7-8-15(19-3)13(11-14)12-17-9-5-4-6-10-17/h7-8,11,18H,4-6,9-10,12H2,1-3H3. The minimum Gasteiger partial charge on any atom is -0.496 e. The first-order valence-corrected chi connectivity index (χ1v) is 7.13. The lowest BCUT2D eigenvalue weighted by Crippen LogP contribution is -2.29. The number of piperidine rings is 1. The van der Waals surface area contributed by atoms with Gasteiger partial charge >= 0.3 is 0 Å². The molecule has 0 bridgehead atoms. The molecule has 2 rings (SSSR count). The molecule has 19 heavy (non-hydrogen) atoms. The average molecular weight is 263 g/mol. The van der Waals surface area contributed by atoms with Crippen LogP contribution in [0.3, 0.4) is 0 Å². The lowest BCUT2D eigenvalue weighted by molar-refractivity contribution is 0.0783. The van der Waals surface area contributed by atoms with E-state index in [-0.39, 0.29) is 0 Å². The smallest absolute Gasteiger partial charge is 0.123 e. The van der Waals surface area contributed by atoms with Crippen LogP contribution in [0.15, 0.2) is 18.2 Å². The molecule has 0 atom stereocenters. The third kappa shape index (κ3) is 3.71. The van der Waals surface area contributed by atoms with E-state index in [1.165, 1.54) is 24.8 Å².